The number of ether oxygens (including phenoxy) is 1. The molecule has 0 radical (unpaired) electrons. The van der Waals surface area contributed by atoms with Gasteiger partial charge in [0.1, 0.15) is 11.5 Å². The normalized spacial score (nSPS) is 10.6. The summed E-state index contributed by atoms with van der Waals surface area (Å²) in [5, 5.41) is 3.41. The first-order chi connectivity index (χ1) is 9.70. The van der Waals surface area contributed by atoms with E-state index in [1.54, 1.807) is 0 Å². The van der Waals surface area contributed by atoms with E-state index in [1.165, 1.54) is 5.56 Å². The summed E-state index contributed by atoms with van der Waals surface area (Å²) in [6.45, 7) is 6.07. The number of hydrogen-bond acceptors (Lipinski definition) is 2. The lowest BCUT2D eigenvalue weighted by molar-refractivity contribution is 0.469. The maximum atomic E-state index is 6.08. The van der Waals surface area contributed by atoms with Crippen LogP contribution in [0.5, 0.6) is 11.5 Å². The monoisotopic (exact) mass is 333 g/mol. The first-order valence-corrected chi connectivity index (χ1v) is 7.72. The molecule has 0 unspecified atom stereocenters. The lowest BCUT2D eigenvalue weighted by Crippen LogP contribution is -2.14. The van der Waals surface area contributed by atoms with Crippen LogP contribution in [0.4, 0.5) is 0 Å². The third-order valence-electron chi connectivity index (χ3n) is 3.08. The molecule has 0 aliphatic heterocycles. The highest BCUT2D eigenvalue weighted by Crippen LogP contribution is 2.30. The number of benzene rings is 2. The van der Waals surface area contributed by atoms with Gasteiger partial charge in [-0.1, -0.05) is 47.1 Å². The maximum Gasteiger partial charge on any atom is 0.131 e. The molecule has 0 fully saturated rings. The number of hydrogen-bond donors (Lipinski definition) is 1. The van der Waals surface area contributed by atoms with E-state index in [1.807, 2.05) is 30.3 Å². The summed E-state index contributed by atoms with van der Waals surface area (Å²) in [6.07, 6.45) is 1.13. The SMILES string of the molecule is CCCNCc1ccccc1Oc1cc(Br)ccc1C. The molecule has 0 heterocycles. The first-order valence-electron chi connectivity index (χ1n) is 6.93. The van der Waals surface area contributed by atoms with Crippen molar-refractivity contribution in [3.8, 4) is 11.5 Å². The molecule has 0 saturated heterocycles. The fraction of sp³-hybridized carbons (Fsp3) is 0.294. The molecule has 0 aliphatic rings. The molecule has 2 nitrogen and oxygen atoms in total. The molecule has 0 amide bonds. The number of para-hydroxylation sites is 1. The minimum absolute atomic E-state index is 0.830. The van der Waals surface area contributed by atoms with E-state index in [0.717, 1.165) is 41.0 Å². The van der Waals surface area contributed by atoms with Crippen molar-refractivity contribution < 1.29 is 4.74 Å². The van der Waals surface area contributed by atoms with E-state index in [9.17, 15) is 0 Å². The summed E-state index contributed by atoms with van der Waals surface area (Å²) >= 11 is 3.49. The van der Waals surface area contributed by atoms with Crippen LogP contribution in [0.1, 0.15) is 24.5 Å². The molecule has 106 valence electrons. The molecule has 0 atom stereocenters. The first kappa shape index (κ1) is 15.1. The van der Waals surface area contributed by atoms with Crippen molar-refractivity contribution in [2.75, 3.05) is 6.54 Å². The topological polar surface area (TPSA) is 21.3 Å². The van der Waals surface area contributed by atoms with Gasteiger partial charge in [-0.25, -0.2) is 0 Å². The largest absolute Gasteiger partial charge is 0.457 e. The van der Waals surface area contributed by atoms with Gasteiger partial charge in [0.15, 0.2) is 0 Å². The fourth-order valence-corrected chi connectivity index (χ4v) is 2.29. The van der Waals surface area contributed by atoms with Gasteiger partial charge in [0.05, 0.1) is 0 Å². The van der Waals surface area contributed by atoms with E-state index >= 15 is 0 Å². The summed E-state index contributed by atoms with van der Waals surface area (Å²) < 4.78 is 7.11. The maximum absolute atomic E-state index is 6.08. The Morgan fingerprint density at radius 1 is 1.10 bits per heavy atom. The van der Waals surface area contributed by atoms with Gasteiger partial charge in [-0.15, -0.1) is 0 Å². The number of aryl methyl sites for hydroxylation is 1. The molecule has 20 heavy (non-hydrogen) atoms. The molecule has 2 rings (SSSR count). The summed E-state index contributed by atoms with van der Waals surface area (Å²) in [5.74, 6) is 1.81. The highest BCUT2D eigenvalue weighted by molar-refractivity contribution is 9.10. The predicted molar refractivity (Wildman–Crippen MR) is 87.4 cm³/mol. The molecule has 0 bridgehead atoms. The van der Waals surface area contributed by atoms with Crippen LogP contribution in [0.25, 0.3) is 0 Å². The molecule has 0 saturated carbocycles. The summed E-state index contributed by atoms with van der Waals surface area (Å²) in [6, 6.07) is 14.3. The van der Waals surface area contributed by atoms with Gasteiger partial charge in [-0.05, 0) is 43.7 Å². The Bertz CT molecular complexity index is 569. The number of nitrogens with one attached hydrogen (secondary N) is 1. The standard InChI is InChI=1S/C17H20BrNO/c1-3-10-19-12-14-6-4-5-7-16(14)20-17-11-15(18)9-8-13(17)2/h4-9,11,19H,3,10,12H2,1-2H3. The van der Waals surface area contributed by atoms with Crippen LogP contribution in [0.2, 0.25) is 0 Å². The van der Waals surface area contributed by atoms with Crippen LogP contribution in [0, 0.1) is 6.92 Å². The van der Waals surface area contributed by atoms with Gasteiger partial charge >= 0.3 is 0 Å². The van der Waals surface area contributed by atoms with E-state index in [4.69, 9.17) is 4.74 Å². The molecule has 1 N–H and O–H groups in total. The van der Waals surface area contributed by atoms with Gasteiger partial charge in [0.2, 0.25) is 0 Å². The van der Waals surface area contributed by atoms with Gasteiger partial charge in [0, 0.05) is 16.6 Å². The lowest BCUT2D eigenvalue weighted by Gasteiger charge is -2.13. The summed E-state index contributed by atoms with van der Waals surface area (Å²) in [7, 11) is 0. The van der Waals surface area contributed by atoms with Crippen LogP contribution >= 0.6 is 15.9 Å². The Balaban J connectivity index is 2.18. The summed E-state index contributed by atoms with van der Waals surface area (Å²) in [5.41, 5.74) is 2.31. The second-order valence-electron chi connectivity index (χ2n) is 4.80. The molecular weight excluding hydrogens is 314 g/mol. The molecule has 0 spiro atoms. The fourth-order valence-electron chi connectivity index (χ4n) is 1.95. The Morgan fingerprint density at radius 3 is 2.70 bits per heavy atom. The molecule has 3 heteroatoms. The Kier molecular flexibility index (Phi) is 5.62. The van der Waals surface area contributed by atoms with E-state index in [-0.39, 0.29) is 0 Å². The quantitative estimate of drug-likeness (QED) is 0.747. The molecular formula is C17H20BrNO. The van der Waals surface area contributed by atoms with Crippen molar-refractivity contribution in [3.63, 3.8) is 0 Å². The van der Waals surface area contributed by atoms with Crippen LogP contribution in [0.15, 0.2) is 46.9 Å². The molecule has 2 aromatic rings. The van der Waals surface area contributed by atoms with Gasteiger partial charge in [-0.3, -0.25) is 0 Å². The Labute approximate surface area is 129 Å². The third-order valence-corrected chi connectivity index (χ3v) is 3.58. The Hall–Kier alpha value is -1.32. The van der Waals surface area contributed by atoms with Crippen molar-refractivity contribution in [1.82, 2.24) is 5.32 Å². The van der Waals surface area contributed by atoms with Crippen LogP contribution in [-0.2, 0) is 6.54 Å². The minimum Gasteiger partial charge on any atom is -0.457 e. The summed E-state index contributed by atoms with van der Waals surface area (Å²) in [4.78, 5) is 0. The minimum atomic E-state index is 0.830. The average Bonchev–Trinajstić information content (AvgIpc) is 2.45. The van der Waals surface area contributed by atoms with Crippen molar-refractivity contribution in [1.29, 1.82) is 0 Å². The van der Waals surface area contributed by atoms with Crippen LogP contribution < -0.4 is 10.1 Å². The zero-order valence-electron chi connectivity index (χ0n) is 11.9. The van der Waals surface area contributed by atoms with Gasteiger partial charge < -0.3 is 10.1 Å². The zero-order chi connectivity index (χ0) is 14.4. The van der Waals surface area contributed by atoms with E-state index < -0.39 is 0 Å². The van der Waals surface area contributed by atoms with Crippen LogP contribution in [0.3, 0.4) is 0 Å². The van der Waals surface area contributed by atoms with Gasteiger partial charge in [-0.2, -0.15) is 0 Å². The van der Waals surface area contributed by atoms with Crippen molar-refractivity contribution in [2.24, 2.45) is 0 Å². The predicted octanol–water partition coefficient (Wildman–Crippen LogP) is 5.05. The third kappa shape index (κ3) is 4.09. The highest BCUT2D eigenvalue weighted by Gasteiger charge is 2.06. The highest BCUT2D eigenvalue weighted by atomic mass is 79.9. The van der Waals surface area contributed by atoms with E-state index in [0.29, 0.717) is 0 Å². The number of halogens is 1. The smallest absolute Gasteiger partial charge is 0.131 e. The number of rotatable bonds is 6. The van der Waals surface area contributed by atoms with Gasteiger partial charge in [0.25, 0.3) is 0 Å². The average molecular weight is 334 g/mol. The molecule has 0 aromatic heterocycles. The van der Waals surface area contributed by atoms with Crippen molar-refractivity contribution >= 4 is 15.9 Å². The molecule has 2 aromatic carbocycles. The second-order valence-corrected chi connectivity index (χ2v) is 5.71. The van der Waals surface area contributed by atoms with Crippen molar-refractivity contribution in [2.45, 2.75) is 26.8 Å². The molecule has 0 aliphatic carbocycles. The van der Waals surface area contributed by atoms with E-state index in [2.05, 4.69) is 47.2 Å². The zero-order valence-corrected chi connectivity index (χ0v) is 13.5. The van der Waals surface area contributed by atoms with Crippen molar-refractivity contribution in [3.05, 3.63) is 58.1 Å². The second kappa shape index (κ2) is 7.46. The Morgan fingerprint density at radius 2 is 1.90 bits per heavy atom. The lowest BCUT2D eigenvalue weighted by atomic mass is 10.2. The van der Waals surface area contributed by atoms with Crippen LogP contribution in [-0.4, -0.2) is 6.54 Å².